The Labute approximate surface area is 200 Å². The molecule has 3 aromatic carbocycles. The first-order valence-electron chi connectivity index (χ1n) is 10.3. The molecule has 0 unspecified atom stereocenters. The Kier molecular flexibility index (Phi) is 8.22. The van der Waals surface area contributed by atoms with Crippen molar-refractivity contribution in [2.75, 3.05) is 17.2 Å². The number of ether oxygens (including phenoxy) is 1. The maximum absolute atomic E-state index is 12.0. The molecule has 0 aromatic heterocycles. The fourth-order valence-corrected chi connectivity index (χ4v) is 2.70. The van der Waals surface area contributed by atoms with Crippen LogP contribution < -0.4 is 20.8 Å². The number of hydrogen-bond donors (Lipinski definition) is 3. The molecule has 11 heteroatoms. The second-order valence-electron chi connectivity index (χ2n) is 7.23. The van der Waals surface area contributed by atoms with Gasteiger partial charge in [0.25, 0.3) is 11.6 Å². The molecule has 11 nitrogen and oxygen atoms in total. The van der Waals surface area contributed by atoms with Gasteiger partial charge in [-0.3, -0.25) is 24.5 Å². The summed E-state index contributed by atoms with van der Waals surface area (Å²) in [5.74, 6) is -1.83. The van der Waals surface area contributed by atoms with E-state index in [0.29, 0.717) is 17.0 Å². The number of benzene rings is 3. The van der Waals surface area contributed by atoms with E-state index in [1.807, 2.05) is 19.1 Å². The topological polar surface area (TPSA) is 152 Å². The van der Waals surface area contributed by atoms with Gasteiger partial charge in [-0.25, -0.2) is 5.43 Å². The number of non-ortho nitro benzene ring substituents is 1. The lowest BCUT2D eigenvalue weighted by Crippen LogP contribution is -2.32. The lowest BCUT2D eigenvalue weighted by molar-refractivity contribution is -0.384. The first kappa shape index (κ1) is 24.6. The number of hydrazone groups is 1. The van der Waals surface area contributed by atoms with Crippen LogP contribution in [0.5, 0.6) is 5.75 Å². The molecule has 3 aromatic rings. The number of nitro groups is 1. The molecule has 0 heterocycles. The number of nitrogens with one attached hydrogen (secondary N) is 3. The normalized spacial score (nSPS) is 10.4. The average molecular weight is 475 g/mol. The van der Waals surface area contributed by atoms with Crippen LogP contribution in [0.25, 0.3) is 0 Å². The maximum Gasteiger partial charge on any atom is 0.329 e. The maximum atomic E-state index is 12.0. The molecule has 178 valence electrons. The van der Waals surface area contributed by atoms with E-state index in [9.17, 15) is 24.5 Å². The molecular weight excluding hydrogens is 454 g/mol. The highest BCUT2D eigenvalue weighted by Crippen LogP contribution is 2.15. The quantitative estimate of drug-likeness (QED) is 0.197. The van der Waals surface area contributed by atoms with Crippen LogP contribution in [0.4, 0.5) is 17.1 Å². The van der Waals surface area contributed by atoms with E-state index in [1.54, 1.807) is 36.4 Å². The molecule has 0 radical (unpaired) electrons. The van der Waals surface area contributed by atoms with E-state index in [2.05, 4.69) is 21.2 Å². The first-order valence-corrected chi connectivity index (χ1v) is 10.3. The van der Waals surface area contributed by atoms with E-state index < -0.39 is 16.7 Å². The summed E-state index contributed by atoms with van der Waals surface area (Å²) < 4.78 is 5.45. The summed E-state index contributed by atoms with van der Waals surface area (Å²) in [5.41, 5.74) is 4.55. The molecule has 0 aliphatic rings. The Bertz CT molecular complexity index is 1240. The number of aryl methyl sites for hydroxylation is 1. The number of anilines is 2. The van der Waals surface area contributed by atoms with Gasteiger partial charge in [-0.1, -0.05) is 17.7 Å². The van der Waals surface area contributed by atoms with Crippen molar-refractivity contribution in [2.24, 2.45) is 5.10 Å². The van der Waals surface area contributed by atoms with Crippen molar-refractivity contribution in [3.63, 3.8) is 0 Å². The van der Waals surface area contributed by atoms with Gasteiger partial charge < -0.3 is 15.4 Å². The van der Waals surface area contributed by atoms with Gasteiger partial charge in [0.05, 0.1) is 11.1 Å². The van der Waals surface area contributed by atoms with Crippen LogP contribution >= 0.6 is 0 Å². The predicted molar refractivity (Wildman–Crippen MR) is 129 cm³/mol. The van der Waals surface area contributed by atoms with Gasteiger partial charge in [-0.2, -0.15) is 5.10 Å². The number of amides is 3. The molecule has 0 aliphatic carbocycles. The fraction of sp³-hybridized carbons (Fsp3) is 0.0833. The number of nitro benzene ring substituents is 1. The van der Waals surface area contributed by atoms with Crippen LogP contribution in [0, 0.1) is 17.0 Å². The second-order valence-corrected chi connectivity index (χ2v) is 7.23. The van der Waals surface area contributed by atoms with Gasteiger partial charge in [0.2, 0.25) is 0 Å². The predicted octanol–water partition coefficient (Wildman–Crippen LogP) is 3.01. The fourth-order valence-electron chi connectivity index (χ4n) is 2.70. The molecule has 3 rings (SSSR count). The minimum absolute atomic E-state index is 0.140. The summed E-state index contributed by atoms with van der Waals surface area (Å²) in [6, 6.07) is 19.0. The van der Waals surface area contributed by atoms with Crippen LogP contribution in [0.2, 0.25) is 0 Å². The number of rotatable bonds is 8. The highest BCUT2D eigenvalue weighted by molar-refractivity contribution is 6.39. The van der Waals surface area contributed by atoms with Crippen molar-refractivity contribution >= 4 is 41.0 Å². The average Bonchev–Trinajstić information content (AvgIpc) is 2.85. The molecule has 0 atom stereocenters. The van der Waals surface area contributed by atoms with E-state index in [1.165, 1.54) is 30.5 Å². The summed E-state index contributed by atoms with van der Waals surface area (Å²) >= 11 is 0. The Morgan fingerprint density at radius 3 is 2.11 bits per heavy atom. The SMILES string of the molecule is Cc1ccc(NC(=O)COc2ccc(/C=N\NC(=O)C(=O)Nc3ccc([N+](=O)[O-])cc3)cc2)cc1. The highest BCUT2D eigenvalue weighted by atomic mass is 16.6. The van der Waals surface area contributed by atoms with E-state index in [4.69, 9.17) is 4.74 Å². The van der Waals surface area contributed by atoms with Crippen molar-refractivity contribution < 1.29 is 24.0 Å². The zero-order valence-electron chi connectivity index (χ0n) is 18.6. The zero-order chi connectivity index (χ0) is 25.2. The number of carbonyl (C=O) groups is 3. The molecule has 0 aliphatic heterocycles. The number of carbonyl (C=O) groups excluding carboxylic acids is 3. The van der Waals surface area contributed by atoms with Crippen LogP contribution in [0.3, 0.4) is 0 Å². The Morgan fingerprint density at radius 2 is 1.49 bits per heavy atom. The summed E-state index contributed by atoms with van der Waals surface area (Å²) in [6.07, 6.45) is 1.32. The number of nitrogens with zero attached hydrogens (tertiary/aromatic N) is 2. The molecule has 0 bridgehead atoms. The highest BCUT2D eigenvalue weighted by Gasteiger charge is 2.13. The largest absolute Gasteiger partial charge is 0.484 e. The second kappa shape index (κ2) is 11.7. The molecule has 3 amide bonds. The van der Waals surface area contributed by atoms with Crippen molar-refractivity contribution in [1.82, 2.24) is 5.43 Å². The van der Waals surface area contributed by atoms with Gasteiger partial charge >= 0.3 is 11.8 Å². The van der Waals surface area contributed by atoms with Crippen molar-refractivity contribution in [1.29, 1.82) is 0 Å². The zero-order valence-corrected chi connectivity index (χ0v) is 18.6. The molecule has 3 N–H and O–H groups in total. The van der Waals surface area contributed by atoms with Gasteiger partial charge in [0.15, 0.2) is 6.61 Å². The Morgan fingerprint density at radius 1 is 0.886 bits per heavy atom. The van der Waals surface area contributed by atoms with E-state index >= 15 is 0 Å². The van der Waals surface area contributed by atoms with Crippen molar-refractivity contribution in [2.45, 2.75) is 6.92 Å². The Balaban J connectivity index is 1.42. The lowest BCUT2D eigenvalue weighted by atomic mass is 10.2. The van der Waals surface area contributed by atoms with Crippen molar-refractivity contribution in [3.05, 3.63) is 94.0 Å². The molecule has 0 spiro atoms. The molecular formula is C24H21N5O6. The van der Waals surface area contributed by atoms with Gasteiger partial charge in [0, 0.05) is 23.5 Å². The summed E-state index contributed by atoms with van der Waals surface area (Å²) in [4.78, 5) is 45.8. The van der Waals surface area contributed by atoms with Crippen LogP contribution in [0.15, 0.2) is 77.9 Å². The first-order chi connectivity index (χ1) is 16.8. The van der Waals surface area contributed by atoms with Crippen LogP contribution in [-0.2, 0) is 14.4 Å². The molecule has 35 heavy (non-hydrogen) atoms. The molecule has 0 saturated heterocycles. The summed E-state index contributed by atoms with van der Waals surface area (Å²) in [7, 11) is 0. The molecule has 0 saturated carbocycles. The third-order valence-electron chi connectivity index (χ3n) is 4.51. The van der Waals surface area contributed by atoms with Crippen molar-refractivity contribution in [3.8, 4) is 5.75 Å². The third-order valence-corrected chi connectivity index (χ3v) is 4.51. The number of hydrogen-bond acceptors (Lipinski definition) is 7. The smallest absolute Gasteiger partial charge is 0.329 e. The molecule has 0 fully saturated rings. The third kappa shape index (κ3) is 7.79. The van der Waals surface area contributed by atoms with Gasteiger partial charge in [-0.05, 0) is 61.0 Å². The summed E-state index contributed by atoms with van der Waals surface area (Å²) in [5, 5.41) is 19.4. The minimum atomic E-state index is -1.01. The van der Waals surface area contributed by atoms with Crippen LogP contribution in [0.1, 0.15) is 11.1 Å². The van der Waals surface area contributed by atoms with Crippen LogP contribution in [-0.4, -0.2) is 35.5 Å². The summed E-state index contributed by atoms with van der Waals surface area (Å²) in [6.45, 7) is 1.79. The standard InChI is InChI=1S/C24H21N5O6/c1-16-2-6-18(7-3-16)26-22(30)15-35-21-12-4-17(5-13-21)14-25-28-24(32)23(31)27-19-8-10-20(11-9-19)29(33)34/h2-14H,15H2,1H3,(H,26,30)(H,27,31)(H,28,32)/b25-14-. The van der Waals surface area contributed by atoms with E-state index in [0.717, 1.165) is 5.56 Å². The lowest BCUT2D eigenvalue weighted by Gasteiger charge is -2.08. The monoisotopic (exact) mass is 475 g/mol. The van der Waals surface area contributed by atoms with Gasteiger partial charge in [-0.15, -0.1) is 0 Å². The Hall–Kier alpha value is -5.06. The minimum Gasteiger partial charge on any atom is -0.484 e. The van der Waals surface area contributed by atoms with E-state index in [-0.39, 0.29) is 23.9 Å². The van der Waals surface area contributed by atoms with Gasteiger partial charge in [0.1, 0.15) is 5.75 Å².